The molecule has 0 bridgehead atoms. The zero-order chi connectivity index (χ0) is 14.7. The minimum atomic E-state index is -0.491. The van der Waals surface area contributed by atoms with Crippen molar-refractivity contribution in [2.24, 2.45) is 5.73 Å². The van der Waals surface area contributed by atoms with Gasteiger partial charge in [0.1, 0.15) is 5.60 Å². The molecule has 0 aliphatic heterocycles. The first-order chi connectivity index (χ1) is 8.66. The second-order valence-corrected chi connectivity index (χ2v) is 8.05. The van der Waals surface area contributed by atoms with Gasteiger partial charge in [0.15, 0.2) is 0 Å². The number of hydrogen-bond donors (Lipinski definition) is 2. The van der Waals surface area contributed by atoms with Crippen LogP contribution in [0.5, 0.6) is 0 Å². The molecule has 3 N–H and O–H groups in total. The summed E-state index contributed by atoms with van der Waals surface area (Å²) in [4.78, 5) is 11.7. The Kier molecular flexibility index (Phi) is 5.41. The van der Waals surface area contributed by atoms with Crippen LogP contribution in [-0.2, 0) is 10.2 Å². The molecule has 1 heterocycles. The molecular weight excluding hydrogens is 328 g/mol. The molecule has 0 saturated heterocycles. The van der Waals surface area contributed by atoms with Gasteiger partial charge in [0.05, 0.1) is 3.79 Å². The van der Waals surface area contributed by atoms with E-state index < -0.39 is 11.7 Å². The number of carbonyl (C=O) groups excluding carboxylic acids is 1. The number of rotatable bonds is 4. The smallest absolute Gasteiger partial charge is 0.407 e. The number of alkyl carbamates (subject to hydrolysis) is 1. The fourth-order valence-corrected chi connectivity index (χ4v) is 2.81. The third-order valence-electron chi connectivity index (χ3n) is 2.74. The Morgan fingerprint density at radius 1 is 1.47 bits per heavy atom. The van der Waals surface area contributed by atoms with E-state index in [2.05, 4.69) is 21.2 Å². The maximum Gasteiger partial charge on any atom is 0.407 e. The summed E-state index contributed by atoms with van der Waals surface area (Å²) in [5, 5.41) is 4.84. The number of nitrogens with two attached hydrogens (primary N) is 1. The number of carbonyl (C=O) groups is 1. The number of thiophene rings is 1. The van der Waals surface area contributed by atoms with Crippen LogP contribution in [0, 0.1) is 0 Å². The van der Waals surface area contributed by atoms with E-state index in [1.54, 1.807) is 11.3 Å². The molecule has 1 unspecified atom stereocenters. The van der Waals surface area contributed by atoms with Crippen LogP contribution >= 0.6 is 27.3 Å². The fraction of sp³-hybridized carbons (Fsp3) is 0.615. The van der Waals surface area contributed by atoms with Gasteiger partial charge in [0.25, 0.3) is 0 Å². The van der Waals surface area contributed by atoms with Crippen LogP contribution in [0.4, 0.5) is 4.79 Å². The summed E-state index contributed by atoms with van der Waals surface area (Å²) < 4.78 is 6.28. The average Bonchev–Trinajstić information content (AvgIpc) is 2.71. The van der Waals surface area contributed by atoms with Gasteiger partial charge in [-0.05, 0) is 53.7 Å². The SMILES string of the molecule is CC(C)(C)OC(=O)NCC(C)(CN)c1csc(Br)c1. The van der Waals surface area contributed by atoms with Gasteiger partial charge in [-0.2, -0.15) is 0 Å². The van der Waals surface area contributed by atoms with E-state index in [4.69, 9.17) is 10.5 Å². The lowest BCUT2D eigenvalue weighted by atomic mass is 9.84. The molecule has 1 aromatic rings. The summed E-state index contributed by atoms with van der Waals surface area (Å²) in [6.07, 6.45) is -0.415. The molecule has 1 aromatic heterocycles. The van der Waals surface area contributed by atoms with Crippen molar-refractivity contribution in [1.29, 1.82) is 0 Å². The highest BCUT2D eigenvalue weighted by molar-refractivity contribution is 9.11. The Morgan fingerprint density at radius 3 is 2.53 bits per heavy atom. The van der Waals surface area contributed by atoms with Crippen LogP contribution in [0.25, 0.3) is 0 Å². The molecule has 0 aromatic carbocycles. The largest absolute Gasteiger partial charge is 0.444 e. The van der Waals surface area contributed by atoms with Gasteiger partial charge >= 0.3 is 6.09 Å². The maximum atomic E-state index is 11.7. The second-order valence-electron chi connectivity index (χ2n) is 5.76. The van der Waals surface area contributed by atoms with Crippen LogP contribution < -0.4 is 11.1 Å². The monoisotopic (exact) mass is 348 g/mol. The molecule has 0 fully saturated rings. The molecule has 108 valence electrons. The molecule has 0 saturated carbocycles. The summed E-state index contributed by atoms with van der Waals surface area (Å²) in [6, 6.07) is 2.04. The third kappa shape index (κ3) is 5.12. The number of halogens is 1. The van der Waals surface area contributed by atoms with Crippen LogP contribution in [0.3, 0.4) is 0 Å². The van der Waals surface area contributed by atoms with Crippen molar-refractivity contribution in [2.45, 2.75) is 38.7 Å². The standard InChI is InChI=1S/C13H21BrN2O2S/c1-12(2,3)18-11(17)16-8-13(4,7-15)9-5-10(14)19-6-9/h5-6H,7-8,15H2,1-4H3,(H,16,17). The minimum absolute atomic E-state index is 0.292. The first kappa shape index (κ1) is 16.5. The summed E-state index contributed by atoms with van der Waals surface area (Å²) >= 11 is 5.05. The first-order valence-corrected chi connectivity index (χ1v) is 7.75. The highest BCUT2D eigenvalue weighted by Crippen LogP contribution is 2.30. The molecule has 1 amide bonds. The van der Waals surface area contributed by atoms with E-state index in [0.717, 1.165) is 9.35 Å². The summed E-state index contributed by atoms with van der Waals surface area (Å²) in [6.45, 7) is 8.44. The van der Waals surface area contributed by atoms with Gasteiger partial charge in [-0.25, -0.2) is 4.79 Å². The van der Waals surface area contributed by atoms with E-state index in [-0.39, 0.29) is 5.41 Å². The Hall–Kier alpha value is -0.590. The summed E-state index contributed by atoms with van der Waals surface area (Å²) in [5.41, 5.74) is 6.19. The van der Waals surface area contributed by atoms with E-state index in [0.29, 0.717) is 13.1 Å². The highest BCUT2D eigenvalue weighted by atomic mass is 79.9. The number of nitrogens with one attached hydrogen (secondary N) is 1. The first-order valence-electron chi connectivity index (χ1n) is 6.08. The molecule has 4 nitrogen and oxygen atoms in total. The van der Waals surface area contributed by atoms with E-state index in [1.165, 1.54) is 0 Å². The Bertz CT molecular complexity index is 442. The van der Waals surface area contributed by atoms with Crippen LogP contribution in [-0.4, -0.2) is 24.8 Å². The van der Waals surface area contributed by atoms with Gasteiger partial charge in [0, 0.05) is 18.5 Å². The summed E-state index contributed by atoms with van der Waals surface area (Å²) in [5.74, 6) is 0. The average molecular weight is 349 g/mol. The van der Waals surface area contributed by atoms with Crippen LogP contribution in [0.15, 0.2) is 15.2 Å². The minimum Gasteiger partial charge on any atom is -0.444 e. The lowest BCUT2D eigenvalue weighted by molar-refractivity contribution is 0.0516. The fourth-order valence-electron chi connectivity index (χ4n) is 1.50. The number of ether oxygens (including phenoxy) is 1. The van der Waals surface area contributed by atoms with Crippen molar-refractivity contribution in [3.63, 3.8) is 0 Å². The topological polar surface area (TPSA) is 64.3 Å². The van der Waals surface area contributed by atoms with Gasteiger partial charge in [0.2, 0.25) is 0 Å². The highest BCUT2D eigenvalue weighted by Gasteiger charge is 2.28. The number of hydrogen-bond acceptors (Lipinski definition) is 4. The molecule has 19 heavy (non-hydrogen) atoms. The lowest BCUT2D eigenvalue weighted by Crippen LogP contribution is -2.45. The van der Waals surface area contributed by atoms with E-state index in [9.17, 15) is 4.79 Å². The second kappa shape index (κ2) is 6.24. The van der Waals surface area contributed by atoms with Crippen molar-refractivity contribution >= 4 is 33.4 Å². The molecule has 0 radical (unpaired) electrons. The lowest BCUT2D eigenvalue weighted by Gasteiger charge is -2.28. The summed E-state index contributed by atoms with van der Waals surface area (Å²) in [7, 11) is 0. The molecule has 1 rings (SSSR count). The van der Waals surface area contributed by atoms with Crippen LogP contribution in [0.2, 0.25) is 0 Å². The van der Waals surface area contributed by atoms with Crippen LogP contribution in [0.1, 0.15) is 33.3 Å². The van der Waals surface area contributed by atoms with Crippen molar-refractivity contribution in [2.75, 3.05) is 13.1 Å². The normalized spacial score (nSPS) is 14.8. The maximum absolute atomic E-state index is 11.7. The molecule has 0 spiro atoms. The van der Waals surface area contributed by atoms with Crippen molar-refractivity contribution in [3.05, 3.63) is 20.8 Å². The van der Waals surface area contributed by atoms with Gasteiger partial charge in [-0.3, -0.25) is 0 Å². The Labute approximate surface area is 126 Å². The molecule has 6 heteroatoms. The number of amides is 1. The van der Waals surface area contributed by atoms with Crippen molar-refractivity contribution < 1.29 is 9.53 Å². The predicted molar refractivity (Wildman–Crippen MR) is 82.7 cm³/mol. The van der Waals surface area contributed by atoms with Gasteiger partial charge < -0.3 is 15.8 Å². The zero-order valence-electron chi connectivity index (χ0n) is 11.7. The quantitative estimate of drug-likeness (QED) is 0.877. The predicted octanol–water partition coefficient (Wildman–Crippen LogP) is 3.25. The van der Waals surface area contributed by atoms with Gasteiger partial charge in [-0.1, -0.05) is 6.92 Å². The molecule has 1 atom stereocenters. The molecule has 0 aliphatic rings. The van der Waals surface area contributed by atoms with E-state index >= 15 is 0 Å². The third-order valence-corrected chi connectivity index (χ3v) is 4.24. The Balaban J connectivity index is 2.65. The zero-order valence-corrected chi connectivity index (χ0v) is 14.2. The Morgan fingerprint density at radius 2 is 2.11 bits per heavy atom. The van der Waals surface area contributed by atoms with Crippen molar-refractivity contribution in [1.82, 2.24) is 5.32 Å². The molecule has 0 aliphatic carbocycles. The van der Waals surface area contributed by atoms with Gasteiger partial charge in [-0.15, -0.1) is 11.3 Å². The molecular formula is C13H21BrN2O2S. The van der Waals surface area contributed by atoms with E-state index in [1.807, 2.05) is 39.1 Å². The van der Waals surface area contributed by atoms with Crippen molar-refractivity contribution in [3.8, 4) is 0 Å².